The summed E-state index contributed by atoms with van der Waals surface area (Å²) in [4.78, 5) is 0. The molecule has 1 nitrogen and oxygen atoms in total. The van der Waals surface area contributed by atoms with Crippen molar-refractivity contribution < 1.29 is 4.74 Å². The first kappa shape index (κ1) is 14.2. The number of para-hydroxylation sites is 1. The van der Waals surface area contributed by atoms with E-state index in [2.05, 4.69) is 0 Å². The first-order chi connectivity index (χ1) is 9.22. The van der Waals surface area contributed by atoms with Crippen LogP contribution in [0.25, 0.3) is 0 Å². The lowest BCUT2D eigenvalue weighted by molar-refractivity contribution is 0.336. The van der Waals surface area contributed by atoms with Crippen LogP contribution in [0.15, 0.2) is 48.5 Å². The van der Waals surface area contributed by atoms with Gasteiger partial charge in [-0.15, -0.1) is 11.6 Å². The van der Waals surface area contributed by atoms with Gasteiger partial charge in [0.2, 0.25) is 0 Å². The summed E-state index contributed by atoms with van der Waals surface area (Å²) in [5, 5.41) is 0.602. The van der Waals surface area contributed by atoms with Crippen LogP contribution in [0.2, 0.25) is 5.02 Å². The van der Waals surface area contributed by atoms with Crippen LogP contribution in [0.4, 0.5) is 0 Å². The summed E-state index contributed by atoms with van der Waals surface area (Å²) in [5.74, 6) is 0.844. The molecule has 0 aliphatic rings. The minimum atomic E-state index is -0.150. The average molecular weight is 295 g/mol. The topological polar surface area (TPSA) is 9.23 Å². The molecule has 0 spiro atoms. The van der Waals surface area contributed by atoms with E-state index in [-0.39, 0.29) is 5.38 Å². The SMILES string of the molecule is CCOc1ccccc1C(Cl)Cc1ccccc1Cl. The molecule has 100 valence electrons. The summed E-state index contributed by atoms with van der Waals surface area (Å²) < 4.78 is 5.61. The summed E-state index contributed by atoms with van der Waals surface area (Å²) in [5.41, 5.74) is 2.06. The normalized spacial score (nSPS) is 12.2. The fourth-order valence-electron chi connectivity index (χ4n) is 1.99. The lowest BCUT2D eigenvalue weighted by Crippen LogP contribution is -2.01. The molecule has 0 radical (unpaired) electrons. The van der Waals surface area contributed by atoms with Crippen LogP contribution in [-0.2, 0) is 6.42 Å². The zero-order chi connectivity index (χ0) is 13.7. The smallest absolute Gasteiger partial charge is 0.123 e. The van der Waals surface area contributed by atoms with E-state index in [0.717, 1.165) is 21.9 Å². The van der Waals surface area contributed by atoms with E-state index in [1.165, 1.54) is 0 Å². The maximum atomic E-state index is 6.51. The molecule has 0 aliphatic heterocycles. The number of alkyl halides is 1. The molecular weight excluding hydrogens is 279 g/mol. The first-order valence-corrected chi connectivity index (χ1v) is 7.13. The Morgan fingerprint density at radius 3 is 2.47 bits per heavy atom. The van der Waals surface area contributed by atoms with Crippen molar-refractivity contribution in [1.82, 2.24) is 0 Å². The molecule has 0 N–H and O–H groups in total. The van der Waals surface area contributed by atoms with Gasteiger partial charge in [0.05, 0.1) is 12.0 Å². The van der Waals surface area contributed by atoms with Crippen LogP contribution in [0.5, 0.6) is 5.75 Å². The quantitative estimate of drug-likeness (QED) is 0.683. The number of ether oxygens (including phenoxy) is 1. The van der Waals surface area contributed by atoms with Crippen LogP contribution >= 0.6 is 23.2 Å². The van der Waals surface area contributed by atoms with Crippen molar-refractivity contribution in [3.63, 3.8) is 0 Å². The Bertz CT molecular complexity index is 540. The summed E-state index contributed by atoms with van der Waals surface area (Å²) in [6.45, 7) is 2.60. The van der Waals surface area contributed by atoms with E-state index in [4.69, 9.17) is 27.9 Å². The lowest BCUT2D eigenvalue weighted by atomic mass is 10.0. The first-order valence-electron chi connectivity index (χ1n) is 6.31. The fourth-order valence-corrected chi connectivity index (χ4v) is 2.55. The van der Waals surface area contributed by atoms with Gasteiger partial charge in [-0.2, -0.15) is 0 Å². The van der Waals surface area contributed by atoms with Crippen molar-refractivity contribution in [3.8, 4) is 5.75 Å². The van der Waals surface area contributed by atoms with Crippen molar-refractivity contribution in [2.24, 2.45) is 0 Å². The van der Waals surface area contributed by atoms with Crippen LogP contribution in [-0.4, -0.2) is 6.61 Å². The molecule has 0 saturated heterocycles. The van der Waals surface area contributed by atoms with Gasteiger partial charge < -0.3 is 4.74 Å². The predicted molar refractivity (Wildman–Crippen MR) is 81.4 cm³/mol. The second-order valence-corrected chi connectivity index (χ2v) is 5.17. The molecule has 1 atom stereocenters. The zero-order valence-corrected chi connectivity index (χ0v) is 12.3. The van der Waals surface area contributed by atoms with Gasteiger partial charge in [0.1, 0.15) is 5.75 Å². The highest BCUT2D eigenvalue weighted by Gasteiger charge is 2.15. The largest absolute Gasteiger partial charge is 0.494 e. The molecular formula is C16H16Cl2O. The molecule has 0 aliphatic carbocycles. The Morgan fingerprint density at radius 1 is 1.05 bits per heavy atom. The molecule has 0 heterocycles. The zero-order valence-electron chi connectivity index (χ0n) is 10.8. The van der Waals surface area contributed by atoms with Gasteiger partial charge in [0, 0.05) is 10.6 Å². The van der Waals surface area contributed by atoms with Crippen LogP contribution in [0.3, 0.4) is 0 Å². The van der Waals surface area contributed by atoms with E-state index in [1.807, 2.05) is 55.5 Å². The van der Waals surface area contributed by atoms with Gasteiger partial charge in [0.25, 0.3) is 0 Å². The van der Waals surface area contributed by atoms with Crippen LogP contribution in [0, 0.1) is 0 Å². The molecule has 1 unspecified atom stereocenters. The summed E-state index contributed by atoms with van der Waals surface area (Å²) >= 11 is 12.7. The summed E-state index contributed by atoms with van der Waals surface area (Å²) in [7, 11) is 0. The predicted octanol–water partition coefficient (Wildman–Crippen LogP) is 5.26. The van der Waals surface area contributed by atoms with Crippen molar-refractivity contribution in [2.45, 2.75) is 18.7 Å². The number of hydrogen-bond donors (Lipinski definition) is 0. The molecule has 2 aromatic carbocycles. The summed E-state index contributed by atoms with van der Waals surface area (Å²) in [6.07, 6.45) is 0.686. The van der Waals surface area contributed by atoms with Crippen LogP contribution < -0.4 is 4.74 Å². The fraction of sp³-hybridized carbons (Fsp3) is 0.250. The van der Waals surface area contributed by atoms with E-state index >= 15 is 0 Å². The number of hydrogen-bond acceptors (Lipinski definition) is 1. The highest BCUT2D eigenvalue weighted by Crippen LogP contribution is 2.33. The third kappa shape index (κ3) is 3.65. The monoisotopic (exact) mass is 294 g/mol. The second kappa shape index (κ2) is 6.83. The Labute approximate surface area is 124 Å². The summed E-state index contributed by atoms with van der Waals surface area (Å²) in [6, 6.07) is 15.6. The molecule has 3 heteroatoms. The van der Waals surface area contributed by atoms with Gasteiger partial charge in [-0.3, -0.25) is 0 Å². The third-order valence-electron chi connectivity index (χ3n) is 2.91. The number of benzene rings is 2. The standard InChI is InChI=1S/C16H16Cl2O/c1-2-19-16-10-6-4-8-13(16)15(18)11-12-7-3-5-9-14(12)17/h3-10,15H,2,11H2,1H3. The molecule has 0 amide bonds. The number of halogens is 2. The Morgan fingerprint density at radius 2 is 1.74 bits per heavy atom. The molecule has 0 fully saturated rings. The van der Waals surface area contributed by atoms with Crippen LogP contribution in [0.1, 0.15) is 23.4 Å². The molecule has 19 heavy (non-hydrogen) atoms. The average Bonchev–Trinajstić information content (AvgIpc) is 2.42. The minimum absolute atomic E-state index is 0.150. The van der Waals surface area contributed by atoms with Crippen molar-refractivity contribution >= 4 is 23.2 Å². The highest BCUT2D eigenvalue weighted by molar-refractivity contribution is 6.31. The Balaban J connectivity index is 2.20. The minimum Gasteiger partial charge on any atom is -0.494 e. The molecule has 0 bridgehead atoms. The molecule has 0 aromatic heterocycles. The Kier molecular flexibility index (Phi) is 5.12. The van der Waals surface area contributed by atoms with Crippen molar-refractivity contribution in [2.75, 3.05) is 6.61 Å². The van der Waals surface area contributed by atoms with E-state index in [1.54, 1.807) is 0 Å². The maximum Gasteiger partial charge on any atom is 0.123 e. The molecule has 2 aromatic rings. The van der Waals surface area contributed by atoms with E-state index in [0.29, 0.717) is 13.0 Å². The second-order valence-electron chi connectivity index (χ2n) is 4.23. The van der Waals surface area contributed by atoms with Gasteiger partial charge >= 0.3 is 0 Å². The van der Waals surface area contributed by atoms with Gasteiger partial charge in [-0.25, -0.2) is 0 Å². The van der Waals surface area contributed by atoms with Crippen molar-refractivity contribution in [1.29, 1.82) is 0 Å². The number of rotatable bonds is 5. The molecule has 2 rings (SSSR count). The van der Waals surface area contributed by atoms with Gasteiger partial charge in [-0.1, -0.05) is 48.0 Å². The molecule has 0 saturated carbocycles. The maximum absolute atomic E-state index is 6.51. The van der Waals surface area contributed by atoms with E-state index < -0.39 is 0 Å². The third-order valence-corrected chi connectivity index (χ3v) is 3.67. The Hall–Kier alpha value is -1.18. The van der Waals surface area contributed by atoms with E-state index in [9.17, 15) is 0 Å². The van der Waals surface area contributed by atoms with Crippen molar-refractivity contribution in [3.05, 3.63) is 64.7 Å². The lowest BCUT2D eigenvalue weighted by Gasteiger charge is -2.15. The van der Waals surface area contributed by atoms with Gasteiger partial charge in [0.15, 0.2) is 0 Å². The van der Waals surface area contributed by atoms with Gasteiger partial charge in [-0.05, 0) is 31.0 Å². The highest BCUT2D eigenvalue weighted by atomic mass is 35.5.